The van der Waals surface area contributed by atoms with Crippen molar-refractivity contribution in [3.63, 3.8) is 0 Å². The van der Waals surface area contributed by atoms with E-state index in [0.29, 0.717) is 10.8 Å². The van der Waals surface area contributed by atoms with Gasteiger partial charge in [-0.1, -0.05) is 38.4 Å². The lowest BCUT2D eigenvalue weighted by Gasteiger charge is -2.39. The van der Waals surface area contributed by atoms with Crippen molar-refractivity contribution >= 4 is 17.5 Å². The summed E-state index contributed by atoms with van der Waals surface area (Å²) in [5, 5.41) is 0.310. The van der Waals surface area contributed by atoms with Crippen molar-refractivity contribution in [1.82, 2.24) is 0 Å². The molecule has 4 heteroatoms. The van der Waals surface area contributed by atoms with E-state index >= 15 is 0 Å². The third-order valence-corrected chi connectivity index (χ3v) is 3.71. The van der Waals surface area contributed by atoms with Gasteiger partial charge in [0.1, 0.15) is 11.4 Å². The third kappa shape index (κ3) is 2.96. The average Bonchev–Trinajstić information content (AvgIpc) is 2.14. The molecule has 0 bridgehead atoms. The van der Waals surface area contributed by atoms with E-state index in [9.17, 15) is 4.79 Å². The minimum Gasteiger partial charge on any atom is -0.486 e. The van der Waals surface area contributed by atoms with Crippen LogP contribution in [-0.4, -0.2) is 11.5 Å². The maximum Gasteiger partial charge on any atom is 0.253 e. The van der Waals surface area contributed by atoms with Gasteiger partial charge in [0.05, 0.1) is 10.6 Å². The molecule has 0 aliphatic heterocycles. The lowest BCUT2D eigenvalue weighted by atomic mass is 9.79. The van der Waals surface area contributed by atoms with Gasteiger partial charge in [0, 0.05) is 5.41 Å². The number of nitrogens with two attached hydrogens (primary N) is 1. The number of carbonyl (C=O) groups excluding carboxylic acids is 1. The number of primary amides is 1. The van der Waals surface area contributed by atoms with Gasteiger partial charge in [0.2, 0.25) is 0 Å². The van der Waals surface area contributed by atoms with E-state index in [2.05, 4.69) is 20.8 Å². The van der Waals surface area contributed by atoms with Crippen molar-refractivity contribution in [3.8, 4) is 5.75 Å². The van der Waals surface area contributed by atoms with Crippen LogP contribution in [0, 0.1) is 5.41 Å². The number of halogens is 1. The van der Waals surface area contributed by atoms with Crippen molar-refractivity contribution in [3.05, 3.63) is 28.8 Å². The molecule has 0 atom stereocenters. The van der Waals surface area contributed by atoms with E-state index in [0.717, 1.165) is 0 Å². The highest BCUT2D eigenvalue weighted by Gasteiger charge is 2.36. The summed E-state index contributed by atoms with van der Waals surface area (Å²) in [6.07, 6.45) is 0. The van der Waals surface area contributed by atoms with Gasteiger partial charge in [-0.3, -0.25) is 4.79 Å². The maximum atomic E-state index is 11.4. The first kappa shape index (κ1) is 14.8. The number of ether oxygens (including phenoxy) is 1. The highest BCUT2D eigenvalue weighted by Crippen LogP contribution is 2.36. The number of amides is 1. The Bertz CT molecular complexity index is 461. The topological polar surface area (TPSA) is 52.3 Å². The second-order valence-electron chi connectivity index (χ2n) is 5.84. The summed E-state index contributed by atoms with van der Waals surface area (Å²) in [6, 6.07) is 5.07. The molecule has 100 valence electrons. The Hall–Kier alpha value is -1.22. The fraction of sp³-hybridized carbons (Fsp3) is 0.500. The molecule has 1 amide bonds. The summed E-state index contributed by atoms with van der Waals surface area (Å²) in [4.78, 5) is 11.4. The molecule has 18 heavy (non-hydrogen) atoms. The summed E-state index contributed by atoms with van der Waals surface area (Å²) in [7, 11) is 0. The molecule has 0 spiro atoms. The first-order valence-corrected chi connectivity index (χ1v) is 6.21. The zero-order valence-electron chi connectivity index (χ0n) is 11.5. The Balaban J connectivity index is 3.21. The Morgan fingerprint density at radius 1 is 1.22 bits per heavy atom. The second kappa shape index (κ2) is 4.81. The van der Waals surface area contributed by atoms with Gasteiger partial charge in [-0.05, 0) is 26.0 Å². The van der Waals surface area contributed by atoms with Crippen LogP contribution in [0.3, 0.4) is 0 Å². The van der Waals surface area contributed by atoms with Crippen LogP contribution >= 0.6 is 11.6 Å². The quantitative estimate of drug-likeness (QED) is 0.911. The van der Waals surface area contributed by atoms with Crippen LogP contribution in [0.4, 0.5) is 0 Å². The molecule has 0 unspecified atom stereocenters. The van der Waals surface area contributed by atoms with Gasteiger partial charge < -0.3 is 10.5 Å². The normalized spacial score (nSPS) is 12.3. The van der Waals surface area contributed by atoms with Crippen molar-refractivity contribution in [2.45, 2.75) is 40.2 Å². The number of hydrogen-bond acceptors (Lipinski definition) is 2. The minimum atomic E-state index is -0.583. The molecule has 0 fully saturated rings. The first-order valence-electron chi connectivity index (χ1n) is 5.83. The fourth-order valence-corrected chi connectivity index (χ4v) is 1.52. The van der Waals surface area contributed by atoms with Gasteiger partial charge in [0.15, 0.2) is 0 Å². The van der Waals surface area contributed by atoms with E-state index in [4.69, 9.17) is 22.1 Å². The lowest BCUT2D eigenvalue weighted by Crippen LogP contribution is -2.42. The molecule has 1 aromatic carbocycles. The van der Waals surface area contributed by atoms with Crippen molar-refractivity contribution in [2.75, 3.05) is 0 Å². The SMILES string of the molecule is CC(C)(C)C(C)(C)Oc1cccc(Cl)c1C(N)=O. The predicted molar refractivity (Wildman–Crippen MR) is 74.1 cm³/mol. The van der Waals surface area contributed by atoms with Gasteiger partial charge in [-0.2, -0.15) is 0 Å². The summed E-state index contributed by atoms with van der Waals surface area (Å²) >= 11 is 5.99. The van der Waals surface area contributed by atoms with Crippen molar-refractivity contribution in [2.24, 2.45) is 11.1 Å². The summed E-state index contributed by atoms with van der Waals surface area (Å²) in [5.74, 6) is -0.157. The van der Waals surface area contributed by atoms with Crippen LogP contribution in [0.5, 0.6) is 5.75 Å². The number of carbonyl (C=O) groups is 1. The molecule has 1 aromatic rings. The van der Waals surface area contributed by atoms with Crippen LogP contribution in [0.25, 0.3) is 0 Å². The van der Waals surface area contributed by atoms with E-state index in [1.54, 1.807) is 18.2 Å². The Morgan fingerprint density at radius 3 is 2.22 bits per heavy atom. The van der Waals surface area contributed by atoms with E-state index in [-0.39, 0.29) is 11.0 Å². The minimum absolute atomic E-state index is 0.0930. The molecule has 0 aliphatic carbocycles. The van der Waals surface area contributed by atoms with Crippen LogP contribution < -0.4 is 10.5 Å². The number of hydrogen-bond donors (Lipinski definition) is 1. The van der Waals surface area contributed by atoms with Gasteiger partial charge in [0.25, 0.3) is 5.91 Å². The summed E-state index contributed by atoms with van der Waals surface area (Å²) in [6.45, 7) is 10.2. The molecule has 0 saturated carbocycles. The zero-order valence-corrected chi connectivity index (χ0v) is 12.3. The van der Waals surface area contributed by atoms with Crippen LogP contribution in [0.15, 0.2) is 18.2 Å². The molecule has 0 aromatic heterocycles. The van der Waals surface area contributed by atoms with Crippen LogP contribution in [0.1, 0.15) is 45.0 Å². The van der Waals surface area contributed by atoms with E-state index < -0.39 is 11.5 Å². The van der Waals surface area contributed by atoms with E-state index in [1.165, 1.54) is 0 Å². The van der Waals surface area contributed by atoms with Gasteiger partial charge >= 0.3 is 0 Å². The van der Waals surface area contributed by atoms with Gasteiger partial charge in [-0.25, -0.2) is 0 Å². The summed E-state index contributed by atoms with van der Waals surface area (Å²) < 4.78 is 5.95. The molecule has 0 radical (unpaired) electrons. The molecular weight excluding hydrogens is 250 g/mol. The van der Waals surface area contributed by atoms with Crippen LogP contribution in [-0.2, 0) is 0 Å². The Kier molecular flexibility index (Phi) is 3.96. The number of rotatable bonds is 3. The highest BCUT2D eigenvalue weighted by atomic mass is 35.5. The highest BCUT2D eigenvalue weighted by molar-refractivity contribution is 6.34. The zero-order chi connectivity index (χ0) is 14.1. The molecule has 2 N–H and O–H groups in total. The van der Waals surface area contributed by atoms with Gasteiger partial charge in [-0.15, -0.1) is 0 Å². The van der Waals surface area contributed by atoms with Crippen molar-refractivity contribution < 1.29 is 9.53 Å². The third-order valence-electron chi connectivity index (χ3n) is 3.39. The summed E-state index contributed by atoms with van der Waals surface area (Å²) in [5.41, 5.74) is 5.02. The molecule has 0 heterocycles. The maximum absolute atomic E-state index is 11.4. The smallest absolute Gasteiger partial charge is 0.253 e. The molecule has 0 saturated heterocycles. The predicted octanol–water partition coefficient (Wildman–Crippen LogP) is 3.64. The Morgan fingerprint density at radius 2 is 1.78 bits per heavy atom. The standard InChI is InChI=1S/C14H20ClNO2/c1-13(2,3)14(4,5)18-10-8-6-7-9(15)11(10)12(16)17/h6-8H,1-5H3,(H2,16,17). The van der Waals surface area contributed by atoms with Crippen LogP contribution in [0.2, 0.25) is 5.02 Å². The molecule has 3 nitrogen and oxygen atoms in total. The monoisotopic (exact) mass is 269 g/mol. The average molecular weight is 270 g/mol. The molecular formula is C14H20ClNO2. The fourth-order valence-electron chi connectivity index (χ4n) is 1.26. The number of benzene rings is 1. The molecule has 0 aliphatic rings. The van der Waals surface area contributed by atoms with Crippen molar-refractivity contribution in [1.29, 1.82) is 0 Å². The second-order valence-corrected chi connectivity index (χ2v) is 6.25. The largest absolute Gasteiger partial charge is 0.486 e. The first-order chi connectivity index (χ1) is 8.06. The Labute approximate surface area is 113 Å². The van der Waals surface area contributed by atoms with E-state index in [1.807, 2.05) is 13.8 Å². The molecule has 1 rings (SSSR count). The lowest BCUT2D eigenvalue weighted by molar-refractivity contribution is 0.000257.